The highest BCUT2D eigenvalue weighted by Gasteiger charge is 2.31. The van der Waals surface area contributed by atoms with Crippen molar-refractivity contribution in [3.63, 3.8) is 0 Å². The summed E-state index contributed by atoms with van der Waals surface area (Å²) in [6.07, 6.45) is 2.34. The zero-order chi connectivity index (χ0) is 25.8. The Bertz CT molecular complexity index is 1130. The van der Waals surface area contributed by atoms with Gasteiger partial charge >= 0.3 is 11.8 Å². The standard InChI is InChI=1S/C24H31N7O6/c1-2-35-24(32)30-7-5-18(6-8-30)27-22-21(31(33)34)23(26-15-25-22)29-11-9-28(10-12-29)14-17-3-4-19-20(13-17)37-16-36-19/h3-4,13,15,18H,2,5-12,14,16H2,1H3,(H,25,26,27). The van der Waals surface area contributed by atoms with Crippen LogP contribution in [0.5, 0.6) is 11.5 Å². The second-order valence-electron chi connectivity index (χ2n) is 9.21. The van der Waals surface area contributed by atoms with E-state index in [1.165, 1.54) is 6.33 Å². The molecule has 0 atom stereocenters. The molecule has 3 aliphatic rings. The summed E-state index contributed by atoms with van der Waals surface area (Å²) in [5.74, 6) is 2.07. The molecule has 3 aliphatic heterocycles. The topological polar surface area (TPSA) is 135 Å². The Labute approximate surface area is 214 Å². The van der Waals surface area contributed by atoms with Gasteiger partial charge in [-0.05, 0) is 37.5 Å². The van der Waals surface area contributed by atoms with Crippen molar-refractivity contribution in [2.24, 2.45) is 0 Å². The van der Waals surface area contributed by atoms with Crippen LogP contribution in [-0.4, -0.2) is 89.5 Å². The first-order chi connectivity index (χ1) is 18.0. The van der Waals surface area contributed by atoms with E-state index in [1.807, 2.05) is 23.1 Å². The number of piperidine rings is 1. The first-order valence-electron chi connectivity index (χ1n) is 12.5. The molecule has 1 aromatic heterocycles. The lowest BCUT2D eigenvalue weighted by molar-refractivity contribution is -0.383. The fourth-order valence-electron chi connectivity index (χ4n) is 4.90. The number of hydrogen-bond donors (Lipinski definition) is 1. The van der Waals surface area contributed by atoms with Crippen LogP contribution in [0.4, 0.5) is 22.1 Å². The van der Waals surface area contributed by atoms with Crippen molar-refractivity contribution in [3.8, 4) is 11.5 Å². The third kappa shape index (κ3) is 5.61. The quantitative estimate of drug-likeness (QED) is 0.432. The Morgan fingerprint density at radius 3 is 2.62 bits per heavy atom. The van der Waals surface area contributed by atoms with Crippen molar-refractivity contribution >= 4 is 23.4 Å². The first-order valence-corrected chi connectivity index (χ1v) is 12.5. The molecule has 0 radical (unpaired) electrons. The molecular weight excluding hydrogens is 482 g/mol. The SMILES string of the molecule is CCOC(=O)N1CCC(Nc2ncnc(N3CCN(Cc4ccc5c(c4)OCO5)CC3)c2[N+](=O)[O-])CC1. The summed E-state index contributed by atoms with van der Waals surface area (Å²) in [5.41, 5.74) is 1.02. The van der Waals surface area contributed by atoms with E-state index in [-0.39, 0.29) is 30.4 Å². The van der Waals surface area contributed by atoms with E-state index >= 15 is 0 Å². The van der Waals surface area contributed by atoms with Crippen LogP contribution in [0.2, 0.25) is 0 Å². The van der Waals surface area contributed by atoms with Gasteiger partial charge in [0, 0.05) is 51.9 Å². The fourth-order valence-corrected chi connectivity index (χ4v) is 4.90. The Morgan fingerprint density at radius 1 is 1.14 bits per heavy atom. The third-order valence-electron chi connectivity index (χ3n) is 6.86. The largest absolute Gasteiger partial charge is 0.454 e. The summed E-state index contributed by atoms with van der Waals surface area (Å²) in [5, 5.41) is 15.3. The van der Waals surface area contributed by atoms with Crippen molar-refractivity contribution in [3.05, 3.63) is 40.2 Å². The minimum atomic E-state index is -0.412. The molecule has 2 fully saturated rings. The molecule has 2 aromatic rings. The number of ether oxygens (including phenoxy) is 3. The summed E-state index contributed by atoms with van der Waals surface area (Å²) in [4.78, 5) is 38.0. The second kappa shape index (κ2) is 11.0. The molecule has 1 N–H and O–H groups in total. The zero-order valence-electron chi connectivity index (χ0n) is 20.8. The summed E-state index contributed by atoms with van der Waals surface area (Å²) < 4.78 is 15.9. The maximum Gasteiger partial charge on any atom is 0.409 e. The number of aromatic nitrogens is 2. The minimum absolute atomic E-state index is 0.0364. The molecule has 0 bridgehead atoms. The van der Waals surface area contributed by atoms with Crippen LogP contribution in [0.1, 0.15) is 25.3 Å². The van der Waals surface area contributed by atoms with Crippen LogP contribution in [0.15, 0.2) is 24.5 Å². The molecule has 1 amide bonds. The molecule has 2 saturated heterocycles. The highest BCUT2D eigenvalue weighted by molar-refractivity contribution is 5.71. The average molecular weight is 514 g/mol. The van der Waals surface area contributed by atoms with E-state index in [2.05, 4.69) is 20.2 Å². The Kier molecular flexibility index (Phi) is 7.40. The number of nitro groups is 1. The zero-order valence-corrected chi connectivity index (χ0v) is 20.8. The lowest BCUT2D eigenvalue weighted by Crippen LogP contribution is -2.46. The maximum absolute atomic E-state index is 12.1. The van der Waals surface area contributed by atoms with Gasteiger partial charge in [0.15, 0.2) is 11.5 Å². The van der Waals surface area contributed by atoms with Crippen molar-refractivity contribution in [2.45, 2.75) is 32.4 Å². The van der Waals surface area contributed by atoms with Gasteiger partial charge in [-0.15, -0.1) is 0 Å². The molecule has 13 nitrogen and oxygen atoms in total. The van der Waals surface area contributed by atoms with Gasteiger partial charge in [-0.1, -0.05) is 6.07 Å². The van der Waals surface area contributed by atoms with Gasteiger partial charge in [0.1, 0.15) is 6.33 Å². The van der Waals surface area contributed by atoms with Gasteiger partial charge in [0.25, 0.3) is 0 Å². The number of nitrogens with zero attached hydrogens (tertiary/aromatic N) is 6. The number of amides is 1. The Hall–Kier alpha value is -3.87. The van der Waals surface area contributed by atoms with E-state index < -0.39 is 4.92 Å². The maximum atomic E-state index is 12.1. The smallest absolute Gasteiger partial charge is 0.409 e. The highest BCUT2D eigenvalue weighted by Crippen LogP contribution is 2.35. The van der Waals surface area contributed by atoms with Gasteiger partial charge in [0.2, 0.25) is 18.4 Å². The number of anilines is 2. The molecule has 0 unspecified atom stereocenters. The van der Waals surface area contributed by atoms with Crippen molar-refractivity contribution < 1.29 is 23.9 Å². The molecule has 0 spiro atoms. The van der Waals surface area contributed by atoms with E-state index in [9.17, 15) is 14.9 Å². The molecule has 37 heavy (non-hydrogen) atoms. The lowest BCUT2D eigenvalue weighted by Gasteiger charge is -2.35. The van der Waals surface area contributed by atoms with E-state index in [0.29, 0.717) is 51.4 Å². The lowest BCUT2D eigenvalue weighted by atomic mass is 10.1. The summed E-state index contributed by atoms with van der Waals surface area (Å²) in [6, 6.07) is 5.92. The Morgan fingerprint density at radius 2 is 1.89 bits per heavy atom. The number of rotatable bonds is 7. The van der Waals surface area contributed by atoms with Crippen LogP contribution < -0.4 is 19.7 Å². The third-order valence-corrected chi connectivity index (χ3v) is 6.86. The van der Waals surface area contributed by atoms with Crippen LogP contribution in [0.25, 0.3) is 0 Å². The molecule has 4 heterocycles. The highest BCUT2D eigenvalue weighted by atomic mass is 16.7. The van der Waals surface area contributed by atoms with Gasteiger partial charge in [-0.3, -0.25) is 15.0 Å². The monoisotopic (exact) mass is 513 g/mol. The summed E-state index contributed by atoms with van der Waals surface area (Å²) >= 11 is 0. The molecular formula is C24H31N7O6. The fraction of sp³-hybridized carbons (Fsp3) is 0.542. The van der Waals surface area contributed by atoms with Crippen molar-refractivity contribution in [1.82, 2.24) is 19.8 Å². The van der Waals surface area contributed by atoms with Gasteiger partial charge in [-0.25, -0.2) is 14.8 Å². The molecule has 0 saturated carbocycles. The predicted octanol–water partition coefficient (Wildman–Crippen LogP) is 2.47. The number of likely N-dealkylation sites (tertiary alicyclic amines) is 1. The number of carbonyl (C=O) groups excluding carboxylic acids is 1. The van der Waals surface area contributed by atoms with Gasteiger partial charge in [-0.2, -0.15) is 0 Å². The number of hydrogen-bond acceptors (Lipinski definition) is 11. The number of nitrogens with one attached hydrogen (secondary N) is 1. The number of fused-ring (bicyclic) bond motifs is 1. The normalized spacial score (nSPS) is 18.1. The van der Waals surface area contributed by atoms with Gasteiger partial charge in [0.05, 0.1) is 11.5 Å². The number of carbonyl (C=O) groups is 1. The van der Waals surface area contributed by atoms with Crippen LogP contribution >= 0.6 is 0 Å². The molecule has 5 rings (SSSR count). The second-order valence-corrected chi connectivity index (χ2v) is 9.21. The molecule has 1 aromatic carbocycles. The van der Waals surface area contributed by atoms with E-state index in [1.54, 1.807) is 11.8 Å². The first kappa shape index (κ1) is 24.8. The van der Waals surface area contributed by atoms with Crippen molar-refractivity contribution in [2.75, 3.05) is 62.9 Å². The number of piperazine rings is 1. The number of benzene rings is 1. The minimum Gasteiger partial charge on any atom is -0.454 e. The van der Waals surface area contributed by atoms with Crippen LogP contribution in [-0.2, 0) is 11.3 Å². The van der Waals surface area contributed by atoms with Gasteiger partial charge < -0.3 is 29.3 Å². The molecule has 0 aliphatic carbocycles. The molecule has 198 valence electrons. The summed E-state index contributed by atoms with van der Waals surface area (Å²) in [6.45, 7) is 6.86. The molecule has 13 heteroatoms. The van der Waals surface area contributed by atoms with E-state index in [4.69, 9.17) is 14.2 Å². The van der Waals surface area contributed by atoms with Crippen LogP contribution in [0, 0.1) is 10.1 Å². The van der Waals surface area contributed by atoms with Crippen molar-refractivity contribution in [1.29, 1.82) is 0 Å². The predicted molar refractivity (Wildman–Crippen MR) is 134 cm³/mol. The van der Waals surface area contributed by atoms with Crippen LogP contribution in [0.3, 0.4) is 0 Å². The van der Waals surface area contributed by atoms with E-state index in [0.717, 1.165) is 36.7 Å². The Balaban J connectivity index is 1.20. The summed E-state index contributed by atoms with van der Waals surface area (Å²) in [7, 11) is 0. The average Bonchev–Trinajstić information content (AvgIpc) is 3.37.